The molecule has 0 saturated carbocycles. The molecule has 3 aromatic carbocycles. The fourth-order valence-electron chi connectivity index (χ4n) is 4.79. The molecule has 6 nitrogen and oxygen atoms in total. The molecular formula is C31H36ClN3O3. The van der Waals surface area contributed by atoms with Crippen LogP contribution in [0.1, 0.15) is 12.5 Å². The predicted octanol–water partition coefficient (Wildman–Crippen LogP) is 6.07. The van der Waals surface area contributed by atoms with E-state index < -0.39 is 0 Å². The maximum absolute atomic E-state index is 5.95. The molecule has 5 rings (SSSR count). The number of anilines is 1. The van der Waals surface area contributed by atoms with Crippen molar-refractivity contribution in [3.8, 4) is 22.8 Å². The third-order valence-corrected chi connectivity index (χ3v) is 6.90. The molecule has 1 fully saturated rings. The van der Waals surface area contributed by atoms with E-state index in [1.165, 1.54) is 10.8 Å². The molecule has 0 aliphatic carbocycles. The van der Waals surface area contributed by atoms with E-state index in [9.17, 15) is 0 Å². The van der Waals surface area contributed by atoms with Crippen LogP contribution in [0.3, 0.4) is 0 Å². The summed E-state index contributed by atoms with van der Waals surface area (Å²) in [6.07, 6.45) is 0. The van der Waals surface area contributed by atoms with Crippen molar-refractivity contribution < 1.29 is 14.2 Å². The number of ether oxygens (including phenoxy) is 3. The molecular weight excluding hydrogens is 498 g/mol. The maximum Gasteiger partial charge on any atom is 0.137 e. The van der Waals surface area contributed by atoms with E-state index in [1.54, 1.807) is 7.11 Å². The number of nitrogens with zero attached hydrogens (tertiary/aromatic N) is 3. The minimum absolute atomic E-state index is 0. The van der Waals surface area contributed by atoms with Crippen LogP contribution in [-0.2, 0) is 11.3 Å². The quantitative estimate of drug-likeness (QED) is 0.231. The highest BCUT2D eigenvalue weighted by Gasteiger charge is 2.20. The highest BCUT2D eigenvalue weighted by Crippen LogP contribution is 2.36. The number of rotatable bonds is 10. The first-order valence-electron chi connectivity index (χ1n) is 13.0. The lowest BCUT2D eigenvalue weighted by Crippen LogP contribution is -2.46. The van der Waals surface area contributed by atoms with E-state index in [4.69, 9.17) is 19.2 Å². The van der Waals surface area contributed by atoms with Crippen LogP contribution < -0.4 is 14.4 Å². The molecule has 4 aromatic rings. The van der Waals surface area contributed by atoms with Gasteiger partial charge in [0.1, 0.15) is 23.9 Å². The first-order valence-corrected chi connectivity index (χ1v) is 13.0. The summed E-state index contributed by atoms with van der Waals surface area (Å²) in [5.74, 6) is 2.54. The van der Waals surface area contributed by atoms with Gasteiger partial charge in [0, 0.05) is 43.2 Å². The lowest BCUT2D eigenvalue weighted by molar-refractivity contribution is 0.0888. The Labute approximate surface area is 231 Å². The summed E-state index contributed by atoms with van der Waals surface area (Å²) in [6.45, 7) is 8.94. The summed E-state index contributed by atoms with van der Waals surface area (Å²) in [5.41, 5.74) is 3.01. The number of piperazine rings is 1. The molecule has 38 heavy (non-hydrogen) atoms. The van der Waals surface area contributed by atoms with Crippen LogP contribution in [0.4, 0.5) is 5.82 Å². The van der Waals surface area contributed by atoms with Crippen LogP contribution >= 0.6 is 12.4 Å². The second-order valence-corrected chi connectivity index (χ2v) is 9.22. The Balaban J connectivity index is 0.00000336. The van der Waals surface area contributed by atoms with Crippen molar-refractivity contribution in [1.29, 1.82) is 0 Å². The summed E-state index contributed by atoms with van der Waals surface area (Å²) < 4.78 is 17.5. The molecule has 0 N–H and O–H groups in total. The van der Waals surface area contributed by atoms with Crippen molar-refractivity contribution >= 4 is 29.0 Å². The molecule has 0 radical (unpaired) electrons. The van der Waals surface area contributed by atoms with Crippen LogP contribution in [0, 0.1) is 0 Å². The van der Waals surface area contributed by atoms with E-state index >= 15 is 0 Å². The number of halogens is 1. The first kappa shape index (κ1) is 27.7. The Bertz CT molecular complexity index is 1310. The van der Waals surface area contributed by atoms with Gasteiger partial charge in [-0.15, -0.1) is 12.4 Å². The van der Waals surface area contributed by atoms with Crippen LogP contribution in [0.5, 0.6) is 11.5 Å². The summed E-state index contributed by atoms with van der Waals surface area (Å²) in [7, 11) is 1.69. The number of hydrogen-bond donors (Lipinski definition) is 0. The predicted molar refractivity (Wildman–Crippen MR) is 157 cm³/mol. The Hall–Kier alpha value is -3.32. The molecule has 0 unspecified atom stereocenters. The summed E-state index contributed by atoms with van der Waals surface area (Å²) in [5, 5.41) is 2.36. The molecule has 1 aliphatic heterocycles. The minimum atomic E-state index is 0. The van der Waals surface area contributed by atoms with Crippen molar-refractivity contribution in [2.45, 2.75) is 13.5 Å². The molecule has 7 heteroatoms. The zero-order valence-corrected chi connectivity index (χ0v) is 23.0. The van der Waals surface area contributed by atoms with Crippen LogP contribution in [-0.4, -0.2) is 62.9 Å². The normalized spacial score (nSPS) is 13.8. The molecule has 0 atom stereocenters. The number of hydrogen-bond acceptors (Lipinski definition) is 6. The largest absolute Gasteiger partial charge is 0.496 e. The average molecular weight is 534 g/mol. The molecule has 1 saturated heterocycles. The molecule has 0 amide bonds. The number of likely N-dealkylation sites (N-methyl/N-ethyl adjacent to an activating group) is 1. The van der Waals surface area contributed by atoms with Gasteiger partial charge in [-0.1, -0.05) is 61.5 Å². The third kappa shape index (κ3) is 6.57. The number of pyridine rings is 1. The maximum atomic E-state index is 5.95. The van der Waals surface area contributed by atoms with Gasteiger partial charge < -0.3 is 24.0 Å². The van der Waals surface area contributed by atoms with Crippen molar-refractivity contribution in [1.82, 2.24) is 9.88 Å². The Morgan fingerprint density at radius 1 is 0.842 bits per heavy atom. The van der Waals surface area contributed by atoms with Gasteiger partial charge in [0.25, 0.3) is 0 Å². The average Bonchev–Trinajstić information content (AvgIpc) is 2.97. The fraction of sp³-hybridized carbons (Fsp3) is 0.323. The second kappa shape index (κ2) is 13.5. The van der Waals surface area contributed by atoms with Gasteiger partial charge in [-0.2, -0.15) is 0 Å². The number of methoxy groups -OCH3 is 1. The minimum Gasteiger partial charge on any atom is -0.496 e. The van der Waals surface area contributed by atoms with Crippen molar-refractivity contribution in [2.75, 3.05) is 57.9 Å². The summed E-state index contributed by atoms with van der Waals surface area (Å²) >= 11 is 0. The van der Waals surface area contributed by atoms with Crippen molar-refractivity contribution in [3.63, 3.8) is 0 Å². The molecule has 1 aliphatic rings. The van der Waals surface area contributed by atoms with E-state index in [2.05, 4.69) is 59.2 Å². The van der Waals surface area contributed by atoms with Gasteiger partial charge in [-0.25, -0.2) is 4.98 Å². The van der Waals surface area contributed by atoms with Crippen molar-refractivity contribution in [3.05, 3.63) is 84.4 Å². The molecule has 200 valence electrons. The van der Waals surface area contributed by atoms with Crippen molar-refractivity contribution in [2.24, 2.45) is 0 Å². The topological polar surface area (TPSA) is 47.1 Å². The zero-order valence-electron chi connectivity index (χ0n) is 22.1. The second-order valence-electron chi connectivity index (χ2n) is 9.22. The molecule has 1 aromatic heterocycles. The SMILES string of the molecule is CCN1CCN(c2nc(-c3ccc(OCCOCc4ccccc4)cc3OC)cc3ccccc23)CC1.Cl. The van der Waals surface area contributed by atoms with Gasteiger partial charge in [0.2, 0.25) is 0 Å². The van der Waals surface area contributed by atoms with E-state index in [0.29, 0.717) is 19.8 Å². The van der Waals surface area contributed by atoms with Gasteiger partial charge in [0.15, 0.2) is 0 Å². The molecule has 0 bridgehead atoms. The highest BCUT2D eigenvalue weighted by molar-refractivity contribution is 5.95. The van der Waals surface area contributed by atoms with E-state index in [1.807, 2.05) is 36.4 Å². The van der Waals surface area contributed by atoms with E-state index in [-0.39, 0.29) is 12.4 Å². The molecule has 2 heterocycles. The van der Waals surface area contributed by atoms with Gasteiger partial charge >= 0.3 is 0 Å². The van der Waals surface area contributed by atoms with Crippen LogP contribution in [0.15, 0.2) is 78.9 Å². The number of benzene rings is 3. The molecule has 0 spiro atoms. The van der Waals surface area contributed by atoms with E-state index in [0.717, 1.165) is 66.9 Å². The summed E-state index contributed by atoms with van der Waals surface area (Å²) in [6, 6.07) is 26.7. The Morgan fingerprint density at radius 3 is 2.37 bits per heavy atom. The fourth-order valence-corrected chi connectivity index (χ4v) is 4.79. The summed E-state index contributed by atoms with van der Waals surface area (Å²) in [4.78, 5) is 10.1. The van der Waals surface area contributed by atoms with Gasteiger partial charge in [-0.05, 0) is 35.7 Å². The smallest absolute Gasteiger partial charge is 0.137 e. The first-order chi connectivity index (χ1) is 18.2. The highest BCUT2D eigenvalue weighted by atomic mass is 35.5. The van der Waals surface area contributed by atoms with Gasteiger partial charge in [0.05, 0.1) is 26.0 Å². The third-order valence-electron chi connectivity index (χ3n) is 6.90. The van der Waals surface area contributed by atoms with Gasteiger partial charge in [-0.3, -0.25) is 0 Å². The number of aromatic nitrogens is 1. The Morgan fingerprint density at radius 2 is 1.61 bits per heavy atom. The lowest BCUT2D eigenvalue weighted by Gasteiger charge is -2.35. The van der Waals surface area contributed by atoms with Crippen LogP contribution in [0.25, 0.3) is 22.0 Å². The van der Waals surface area contributed by atoms with Crippen LogP contribution in [0.2, 0.25) is 0 Å². The lowest BCUT2D eigenvalue weighted by atomic mass is 10.0. The monoisotopic (exact) mass is 533 g/mol. The Kier molecular flexibility index (Phi) is 9.82. The zero-order chi connectivity index (χ0) is 25.5. The number of fused-ring (bicyclic) bond motifs is 1. The standard InChI is InChI=1S/C31H35N3O3.ClH/c1-3-33-15-17-34(18-16-33)31-27-12-8-7-11-25(27)21-29(32-31)28-14-13-26(22-30(28)35-2)37-20-19-36-23-24-9-5-4-6-10-24;/h4-14,21-22H,3,15-20,23H2,1-2H3;1H.